The number of aryl methyl sites for hydroxylation is 1. The second-order valence-electron chi connectivity index (χ2n) is 8.23. The lowest BCUT2D eigenvalue weighted by atomic mass is 9.79. The van der Waals surface area contributed by atoms with Gasteiger partial charge in [-0.2, -0.15) is 12.6 Å². The van der Waals surface area contributed by atoms with Gasteiger partial charge in [-0.3, -0.25) is 14.4 Å². The number of nitrogens with one attached hydrogen (secondary N) is 3. The minimum absolute atomic E-state index is 0.112. The summed E-state index contributed by atoms with van der Waals surface area (Å²) < 4.78 is 0. The maximum absolute atomic E-state index is 13.2. The summed E-state index contributed by atoms with van der Waals surface area (Å²) in [5, 5.41) is 8.49. The van der Waals surface area contributed by atoms with Gasteiger partial charge in [-0.1, -0.05) is 42.7 Å². The summed E-state index contributed by atoms with van der Waals surface area (Å²) >= 11 is 4.68. The summed E-state index contributed by atoms with van der Waals surface area (Å²) in [6, 6.07) is 7.64. The fourth-order valence-electron chi connectivity index (χ4n) is 4.28. The highest BCUT2D eigenvalue weighted by Gasteiger charge is 2.47. The van der Waals surface area contributed by atoms with Gasteiger partial charge in [0.25, 0.3) is 0 Å². The van der Waals surface area contributed by atoms with Crippen LogP contribution in [-0.4, -0.2) is 41.1 Å². The van der Waals surface area contributed by atoms with Crippen LogP contribution < -0.4 is 16.0 Å². The molecule has 1 aliphatic heterocycles. The van der Waals surface area contributed by atoms with Gasteiger partial charge in [0, 0.05) is 18.2 Å². The molecule has 3 amide bonds. The second kappa shape index (κ2) is 9.65. The van der Waals surface area contributed by atoms with Crippen molar-refractivity contribution in [3.8, 4) is 0 Å². The number of carbonyl (C=O) groups excluding carboxylic acids is 3. The first-order chi connectivity index (χ1) is 13.9. The van der Waals surface area contributed by atoms with E-state index in [1.165, 1.54) is 11.1 Å². The standard InChI is InChI=1S/C22H31N3O3S/c1-15-6-4-7-16(14-15)11-13-23-21(28)22(12-3-2-9-18(22)29)25-20(27)17-8-5-10-19(26)24-17/h4,6-7,14,17-18,29H,2-3,5,8-13H2,1H3,(H,23,28)(H,24,26)(H,25,27)/t17-,18?,22+/m0/s1. The molecule has 0 aromatic heterocycles. The third-order valence-electron chi connectivity index (χ3n) is 5.95. The summed E-state index contributed by atoms with van der Waals surface area (Å²) in [5.41, 5.74) is 1.32. The largest absolute Gasteiger partial charge is 0.354 e. The summed E-state index contributed by atoms with van der Waals surface area (Å²) in [6.45, 7) is 2.55. The van der Waals surface area contributed by atoms with Crippen LogP contribution in [0.1, 0.15) is 56.1 Å². The predicted octanol–water partition coefficient (Wildman–Crippen LogP) is 2.05. The highest BCUT2D eigenvalue weighted by Crippen LogP contribution is 2.33. The van der Waals surface area contributed by atoms with E-state index in [0.29, 0.717) is 32.2 Å². The molecule has 1 unspecified atom stereocenters. The molecule has 1 aliphatic carbocycles. The number of hydrogen-bond acceptors (Lipinski definition) is 4. The lowest BCUT2D eigenvalue weighted by molar-refractivity contribution is -0.137. The quantitative estimate of drug-likeness (QED) is 0.534. The molecule has 7 heteroatoms. The third-order valence-corrected chi connectivity index (χ3v) is 6.65. The van der Waals surface area contributed by atoms with Crippen molar-refractivity contribution in [2.75, 3.05) is 6.54 Å². The molecule has 2 fully saturated rings. The molecule has 2 aliphatic rings. The number of carbonyl (C=O) groups is 3. The molecule has 0 bridgehead atoms. The zero-order chi connectivity index (χ0) is 20.9. The van der Waals surface area contributed by atoms with E-state index in [-0.39, 0.29) is 23.0 Å². The molecule has 1 saturated carbocycles. The van der Waals surface area contributed by atoms with E-state index in [0.717, 1.165) is 25.7 Å². The highest BCUT2D eigenvalue weighted by atomic mass is 32.1. The lowest BCUT2D eigenvalue weighted by Gasteiger charge is -2.42. The Morgan fingerprint density at radius 3 is 2.79 bits per heavy atom. The van der Waals surface area contributed by atoms with Gasteiger partial charge in [-0.05, 0) is 44.6 Å². The maximum Gasteiger partial charge on any atom is 0.246 e. The molecule has 158 valence electrons. The smallest absolute Gasteiger partial charge is 0.246 e. The van der Waals surface area contributed by atoms with Crippen LogP contribution >= 0.6 is 12.6 Å². The lowest BCUT2D eigenvalue weighted by Crippen LogP contribution is -2.67. The predicted molar refractivity (Wildman–Crippen MR) is 116 cm³/mol. The van der Waals surface area contributed by atoms with Gasteiger partial charge in [0.15, 0.2) is 0 Å². The van der Waals surface area contributed by atoms with E-state index in [9.17, 15) is 14.4 Å². The minimum Gasteiger partial charge on any atom is -0.354 e. The highest BCUT2D eigenvalue weighted by molar-refractivity contribution is 7.81. The first-order valence-corrected chi connectivity index (χ1v) is 11.1. The Kier molecular flexibility index (Phi) is 7.22. The number of amides is 3. The monoisotopic (exact) mass is 417 g/mol. The Balaban J connectivity index is 1.66. The van der Waals surface area contributed by atoms with Crippen molar-refractivity contribution < 1.29 is 14.4 Å². The SMILES string of the molecule is Cc1cccc(CCNC(=O)[C@@]2(NC(=O)[C@@H]3CCCC(=O)N3)CCCCC2S)c1. The molecule has 3 N–H and O–H groups in total. The topological polar surface area (TPSA) is 87.3 Å². The average molecular weight is 418 g/mol. The number of benzene rings is 1. The normalized spacial score (nSPS) is 27.0. The number of piperidine rings is 1. The summed E-state index contributed by atoms with van der Waals surface area (Å²) in [5.74, 6) is -0.577. The molecule has 6 nitrogen and oxygen atoms in total. The Morgan fingerprint density at radius 2 is 2.07 bits per heavy atom. The third kappa shape index (κ3) is 5.32. The number of rotatable bonds is 6. The van der Waals surface area contributed by atoms with Crippen molar-refractivity contribution in [1.82, 2.24) is 16.0 Å². The Labute approximate surface area is 178 Å². The van der Waals surface area contributed by atoms with E-state index in [4.69, 9.17) is 0 Å². The van der Waals surface area contributed by atoms with Crippen molar-refractivity contribution >= 4 is 30.4 Å². The van der Waals surface area contributed by atoms with Gasteiger partial charge in [0.1, 0.15) is 11.6 Å². The molecule has 0 radical (unpaired) electrons. The summed E-state index contributed by atoms with van der Waals surface area (Å²) in [6.07, 6.45) is 5.64. The molecule has 3 atom stereocenters. The van der Waals surface area contributed by atoms with Crippen molar-refractivity contribution in [3.63, 3.8) is 0 Å². The van der Waals surface area contributed by atoms with Crippen LogP contribution in [0.25, 0.3) is 0 Å². The molecule has 1 aromatic carbocycles. The van der Waals surface area contributed by atoms with Gasteiger partial charge in [0.05, 0.1) is 0 Å². The van der Waals surface area contributed by atoms with Gasteiger partial charge >= 0.3 is 0 Å². The number of hydrogen-bond donors (Lipinski definition) is 4. The average Bonchev–Trinajstić information content (AvgIpc) is 2.69. The van der Waals surface area contributed by atoms with E-state index >= 15 is 0 Å². The molecule has 1 heterocycles. The van der Waals surface area contributed by atoms with Gasteiger partial charge in [-0.25, -0.2) is 0 Å². The minimum atomic E-state index is -1.03. The van der Waals surface area contributed by atoms with Crippen molar-refractivity contribution in [2.45, 2.75) is 75.1 Å². The van der Waals surface area contributed by atoms with E-state index < -0.39 is 11.6 Å². The van der Waals surface area contributed by atoms with Crippen LogP contribution in [-0.2, 0) is 20.8 Å². The van der Waals surface area contributed by atoms with Crippen molar-refractivity contribution in [1.29, 1.82) is 0 Å². The zero-order valence-electron chi connectivity index (χ0n) is 17.0. The molecule has 29 heavy (non-hydrogen) atoms. The van der Waals surface area contributed by atoms with Crippen LogP contribution in [0.5, 0.6) is 0 Å². The summed E-state index contributed by atoms with van der Waals surface area (Å²) in [4.78, 5) is 37.7. The first kappa shape index (κ1) is 21.7. The van der Waals surface area contributed by atoms with Crippen LogP contribution in [0.3, 0.4) is 0 Å². The van der Waals surface area contributed by atoms with E-state index in [2.05, 4.69) is 34.6 Å². The molecule has 3 rings (SSSR count). The molecular weight excluding hydrogens is 386 g/mol. The van der Waals surface area contributed by atoms with Crippen molar-refractivity contribution in [3.05, 3.63) is 35.4 Å². The molecule has 0 spiro atoms. The zero-order valence-corrected chi connectivity index (χ0v) is 17.9. The van der Waals surface area contributed by atoms with Crippen LogP contribution in [0.15, 0.2) is 24.3 Å². The maximum atomic E-state index is 13.2. The number of thiol groups is 1. The molecule has 1 saturated heterocycles. The Bertz CT molecular complexity index is 769. The Morgan fingerprint density at radius 1 is 1.24 bits per heavy atom. The van der Waals surface area contributed by atoms with Gasteiger partial charge in [-0.15, -0.1) is 0 Å². The second-order valence-corrected chi connectivity index (χ2v) is 8.85. The van der Waals surface area contributed by atoms with Gasteiger partial charge < -0.3 is 16.0 Å². The molecular formula is C22H31N3O3S. The first-order valence-electron chi connectivity index (χ1n) is 10.5. The van der Waals surface area contributed by atoms with Crippen LogP contribution in [0.2, 0.25) is 0 Å². The van der Waals surface area contributed by atoms with E-state index in [1.54, 1.807) is 0 Å². The Hall–Kier alpha value is -2.02. The van der Waals surface area contributed by atoms with Crippen LogP contribution in [0.4, 0.5) is 0 Å². The summed E-state index contributed by atoms with van der Waals surface area (Å²) in [7, 11) is 0. The molecule has 1 aromatic rings. The fourth-order valence-corrected chi connectivity index (χ4v) is 4.77. The fraction of sp³-hybridized carbons (Fsp3) is 0.591. The van der Waals surface area contributed by atoms with Crippen molar-refractivity contribution in [2.24, 2.45) is 0 Å². The van der Waals surface area contributed by atoms with Crippen LogP contribution in [0, 0.1) is 6.92 Å². The van der Waals surface area contributed by atoms with E-state index in [1.807, 2.05) is 25.1 Å². The van der Waals surface area contributed by atoms with Gasteiger partial charge in [0.2, 0.25) is 17.7 Å².